The van der Waals surface area contributed by atoms with E-state index in [4.69, 9.17) is 4.74 Å². The first kappa shape index (κ1) is 22.0. The number of benzene rings is 1. The summed E-state index contributed by atoms with van der Waals surface area (Å²) in [4.78, 5) is 30.1. The Labute approximate surface area is 181 Å². The summed E-state index contributed by atoms with van der Waals surface area (Å²) in [6.07, 6.45) is 4.87. The second-order valence-electron chi connectivity index (χ2n) is 7.45. The molecule has 0 atom stereocenters. The summed E-state index contributed by atoms with van der Waals surface area (Å²) < 4.78 is 7.13. The molecule has 0 fully saturated rings. The molecule has 162 valence electrons. The Kier molecular flexibility index (Phi) is 7.37. The molecule has 8 nitrogen and oxygen atoms in total. The number of nitrogens with one attached hydrogen (secondary N) is 1. The van der Waals surface area contributed by atoms with Crippen molar-refractivity contribution in [2.24, 2.45) is 0 Å². The topological polar surface area (TPSA) is 89.4 Å². The van der Waals surface area contributed by atoms with Crippen LogP contribution in [0.25, 0.3) is 11.1 Å². The van der Waals surface area contributed by atoms with Gasteiger partial charge in [0.1, 0.15) is 12.3 Å². The van der Waals surface area contributed by atoms with Crippen molar-refractivity contribution in [3.05, 3.63) is 72.3 Å². The molecule has 8 heteroatoms. The van der Waals surface area contributed by atoms with Crippen molar-refractivity contribution in [3.63, 3.8) is 0 Å². The number of hydrogen-bond acceptors (Lipinski definition) is 5. The summed E-state index contributed by atoms with van der Waals surface area (Å²) in [5, 5.41) is 7.12. The van der Waals surface area contributed by atoms with Crippen molar-refractivity contribution >= 4 is 12.0 Å². The van der Waals surface area contributed by atoms with Crippen LogP contribution in [0, 0.1) is 0 Å². The van der Waals surface area contributed by atoms with Gasteiger partial charge < -0.3 is 15.0 Å². The lowest BCUT2D eigenvalue weighted by Crippen LogP contribution is -2.36. The fourth-order valence-electron chi connectivity index (χ4n) is 2.85. The maximum absolute atomic E-state index is 12.5. The highest BCUT2D eigenvalue weighted by molar-refractivity contribution is 5.93. The minimum absolute atomic E-state index is 0.209. The lowest BCUT2D eigenvalue weighted by Gasteiger charge is -2.17. The van der Waals surface area contributed by atoms with E-state index >= 15 is 0 Å². The van der Waals surface area contributed by atoms with Crippen LogP contribution in [0.3, 0.4) is 0 Å². The van der Waals surface area contributed by atoms with E-state index in [2.05, 4.69) is 29.2 Å². The van der Waals surface area contributed by atoms with Gasteiger partial charge >= 0.3 is 6.09 Å². The van der Waals surface area contributed by atoms with Crippen LogP contribution in [0.5, 0.6) is 0 Å². The number of hydrogen-bond donors (Lipinski definition) is 1. The van der Waals surface area contributed by atoms with Crippen molar-refractivity contribution in [1.29, 1.82) is 0 Å². The molecule has 0 aliphatic carbocycles. The van der Waals surface area contributed by atoms with E-state index in [1.807, 2.05) is 47.3 Å². The zero-order chi connectivity index (χ0) is 22.2. The molecule has 2 aromatic heterocycles. The molecule has 0 radical (unpaired) electrons. The molecule has 1 aromatic carbocycles. The molecule has 2 amide bonds. The molecule has 0 aliphatic rings. The second kappa shape index (κ2) is 10.4. The van der Waals surface area contributed by atoms with Crippen LogP contribution in [-0.4, -0.2) is 51.8 Å². The predicted molar refractivity (Wildman–Crippen MR) is 117 cm³/mol. The number of carbonyl (C=O) groups excluding carboxylic acids is 2. The van der Waals surface area contributed by atoms with Crippen LogP contribution in [0.1, 0.15) is 35.9 Å². The molecule has 0 aliphatic heterocycles. The van der Waals surface area contributed by atoms with Gasteiger partial charge in [-0.15, -0.1) is 0 Å². The minimum Gasteiger partial charge on any atom is -0.445 e. The Morgan fingerprint density at radius 2 is 1.94 bits per heavy atom. The van der Waals surface area contributed by atoms with E-state index in [0.717, 1.165) is 16.7 Å². The number of carbonyl (C=O) groups is 2. The Bertz CT molecular complexity index is 1020. The SMILES string of the molecule is CC(C)n1cc(-c2ccnc(C(=O)NCCN(C)C(=O)OCc3ccccc3)c2)cn1. The highest BCUT2D eigenvalue weighted by atomic mass is 16.6. The monoisotopic (exact) mass is 421 g/mol. The van der Waals surface area contributed by atoms with Crippen LogP contribution in [0.2, 0.25) is 0 Å². The van der Waals surface area contributed by atoms with Gasteiger partial charge in [0.2, 0.25) is 0 Å². The van der Waals surface area contributed by atoms with Gasteiger partial charge in [0.15, 0.2) is 0 Å². The van der Waals surface area contributed by atoms with Gasteiger partial charge in [0.25, 0.3) is 5.91 Å². The highest BCUT2D eigenvalue weighted by Gasteiger charge is 2.13. The molecule has 2 heterocycles. The van der Waals surface area contributed by atoms with E-state index < -0.39 is 6.09 Å². The van der Waals surface area contributed by atoms with E-state index in [0.29, 0.717) is 12.2 Å². The molecule has 0 saturated carbocycles. The Hall–Kier alpha value is -3.68. The van der Waals surface area contributed by atoms with E-state index in [-0.39, 0.29) is 25.1 Å². The maximum Gasteiger partial charge on any atom is 0.409 e. The number of likely N-dealkylation sites (N-methyl/N-ethyl adjacent to an activating group) is 1. The molecule has 0 saturated heterocycles. The molecule has 0 unspecified atom stereocenters. The summed E-state index contributed by atoms with van der Waals surface area (Å²) >= 11 is 0. The van der Waals surface area contributed by atoms with Gasteiger partial charge in [-0.25, -0.2) is 4.79 Å². The van der Waals surface area contributed by atoms with E-state index in [1.54, 1.807) is 25.5 Å². The molecule has 0 spiro atoms. The number of rotatable bonds is 8. The van der Waals surface area contributed by atoms with E-state index in [9.17, 15) is 9.59 Å². The van der Waals surface area contributed by atoms with Crippen molar-refractivity contribution in [2.75, 3.05) is 20.1 Å². The lowest BCUT2D eigenvalue weighted by atomic mass is 10.1. The third kappa shape index (κ3) is 6.15. The fourth-order valence-corrected chi connectivity index (χ4v) is 2.85. The van der Waals surface area contributed by atoms with Crippen LogP contribution in [0.4, 0.5) is 4.79 Å². The summed E-state index contributed by atoms with van der Waals surface area (Å²) in [7, 11) is 1.63. The first-order valence-electron chi connectivity index (χ1n) is 10.1. The van der Waals surface area contributed by atoms with Crippen LogP contribution < -0.4 is 5.32 Å². The van der Waals surface area contributed by atoms with Gasteiger partial charge in [-0.1, -0.05) is 30.3 Å². The number of amides is 2. The summed E-state index contributed by atoms with van der Waals surface area (Å²) in [5.41, 5.74) is 3.02. The van der Waals surface area contributed by atoms with Gasteiger partial charge in [0, 0.05) is 44.1 Å². The van der Waals surface area contributed by atoms with Crippen molar-refractivity contribution in [2.45, 2.75) is 26.5 Å². The Morgan fingerprint density at radius 3 is 2.65 bits per heavy atom. The zero-order valence-corrected chi connectivity index (χ0v) is 18.0. The first-order chi connectivity index (χ1) is 14.9. The minimum atomic E-state index is -0.444. The third-order valence-electron chi connectivity index (χ3n) is 4.71. The normalized spacial score (nSPS) is 10.7. The van der Waals surface area contributed by atoms with Crippen molar-refractivity contribution in [1.82, 2.24) is 25.0 Å². The smallest absolute Gasteiger partial charge is 0.409 e. The third-order valence-corrected chi connectivity index (χ3v) is 4.71. The average molecular weight is 422 g/mol. The summed E-state index contributed by atoms with van der Waals surface area (Å²) in [6.45, 7) is 4.92. The molecule has 3 aromatic rings. The summed E-state index contributed by atoms with van der Waals surface area (Å²) in [5.74, 6) is -0.302. The lowest BCUT2D eigenvalue weighted by molar-refractivity contribution is 0.0922. The average Bonchev–Trinajstić information content (AvgIpc) is 3.29. The number of ether oxygens (including phenoxy) is 1. The zero-order valence-electron chi connectivity index (χ0n) is 18.0. The second-order valence-corrected chi connectivity index (χ2v) is 7.45. The van der Waals surface area contributed by atoms with Gasteiger partial charge in [-0.3, -0.25) is 14.5 Å². The maximum atomic E-state index is 12.5. The molecule has 1 N–H and O–H groups in total. The fraction of sp³-hybridized carbons (Fsp3) is 0.304. The van der Waals surface area contributed by atoms with Gasteiger partial charge in [-0.2, -0.15) is 5.10 Å². The van der Waals surface area contributed by atoms with Gasteiger partial charge in [0.05, 0.1) is 6.20 Å². The molecular weight excluding hydrogens is 394 g/mol. The Balaban J connectivity index is 1.48. The van der Waals surface area contributed by atoms with Gasteiger partial charge in [-0.05, 0) is 37.1 Å². The Morgan fingerprint density at radius 1 is 1.16 bits per heavy atom. The number of pyridine rings is 1. The van der Waals surface area contributed by atoms with Crippen LogP contribution in [0.15, 0.2) is 61.1 Å². The molecule has 0 bridgehead atoms. The highest BCUT2D eigenvalue weighted by Crippen LogP contribution is 2.20. The first-order valence-corrected chi connectivity index (χ1v) is 10.1. The molecule has 31 heavy (non-hydrogen) atoms. The summed E-state index contributed by atoms with van der Waals surface area (Å²) in [6, 6.07) is 13.3. The van der Waals surface area contributed by atoms with Crippen LogP contribution >= 0.6 is 0 Å². The molecule has 3 rings (SSSR count). The standard InChI is InChI=1S/C23H27N5O3/c1-17(2)28-15-20(14-26-28)19-9-10-24-21(13-19)22(29)25-11-12-27(3)23(30)31-16-18-7-5-4-6-8-18/h4-10,13-15,17H,11-12,16H2,1-3H3,(H,25,29). The van der Waals surface area contributed by atoms with Crippen molar-refractivity contribution < 1.29 is 14.3 Å². The number of nitrogens with zero attached hydrogens (tertiary/aromatic N) is 4. The van der Waals surface area contributed by atoms with Crippen LogP contribution in [-0.2, 0) is 11.3 Å². The van der Waals surface area contributed by atoms with Crippen molar-refractivity contribution in [3.8, 4) is 11.1 Å². The van der Waals surface area contributed by atoms with E-state index in [1.165, 1.54) is 4.90 Å². The largest absolute Gasteiger partial charge is 0.445 e. The quantitative estimate of drug-likeness (QED) is 0.601. The number of aromatic nitrogens is 3. The predicted octanol–water partition coefficient (Wildman–Crippen LogP) is 3.52. The molecular formula is C23H27N5O3.